The lowest BCUT2D eigenvalue weighted by Crippen LogP contribution is -2.42. The molecule has 6 nitrogen and oxygen atoms in total. The van der Waals surface area contributed by atoms with Gasteiger partial charge in [0.15, 0.2) is 10.6 Å². The molecule has 38 heavy (non-hydrogen) atoms. The Bertz CT molecular complexity index is 1330. The van der Waals surface area contributed by atoms with E-state index in [1.165, 1.54) is 11.3 Å². The molecule has 2 heterocycles. The minimum atomic E-state index is -0.646. The number of esters is 1. The predicted octanol–water partition coefficient (Wildman–Crippen LogP) is 7.69. The van der Waals surface area contributed by atoms with Crippen molar-refractivity contribution in [3.8, 4) is 0 Å². The molecule has 4 rings (SSSR count). The summed E-state index contributed by atoms with van der Waals surface area (Å²) in [7, 11) is 1.65. The number of hydrogen-bond donors (Lipinski definition) is 0. The van der Waals surface area contributed by atoms with Crippen LogP contribution >= 0.6 is 46.3 Å². The van der Waals surface area contributed by atoms with Crippen LogP contribution in [0.2, 0.25) is 10.0 Å². The Morgan fingerprint density at radius 2 is 1.95 bits per heavy atom. The van der Waals surface area contributed by atoms with Gasteiger partial charge in [0.2, 0.25) is 0 Å². The third-order valence-electron chi connectivity index (χ3n) is 6.38. The molecule has 10 heteroatoms. The van der Waals surface area contributed by atoms with Crippen molar-refractivity contribution in [2.24, 2.45) is 10.4 Å². The second kappa shape index (κ2) is 12.6. The monoisotopic (exact) mass is 593 g/mol. The van der Waals surface area contributed by atoms with Crippen LogP contribution in [0.25, 0.3) is 0 Å². The molecule has 0 spiro atoms. The summed E-state index contributed by atoms with van der Waals surface area (Å²) in [5, 5.41) is 3.45. The number of carbonyl (C=O) groups excluding carboxylic acids is 1. The molecule has 1 aliphatic rings. The SMILES string of the molecule is COCn1ccs/c1=N\c1cccc(C[C@]2(C(=O)OC(C)(C)C)CC[C@H](Sc3cccc(Cl)c3Cl)CC2)n1. The largest absolute Gasteiger partial charge is 0.460 e. The minimum absolute atomic E-state index is 0.158. The van der Waals surface area contributed by atoms with Crippen LogP contribution < -0.4 is 4.80 Å². The fraction of sp³-hybridized carbons (Fsp3) is 0.464. The number of nitrogens with zero attached hydrogens (tertiary/aromatic N) is 3. The maximum absolute atomic E-state index is 13.6. The molecule has 0 saturated heterocycles. The predicted molar refractivity (Wildman–Crippen MR) is 155 cm³/mol. The van der Waals surface area contributed by atoms with E-state index in [2.05, 4.69) is 0 Å². The van der Waals surface area contributed by atoms with E-state index in [0.29, 0.717) is 47.1 Å². The van der Waals surface area contributed by atoms with E-state index in [1.807, 2.05) is 67.2 Å². The number of pyridine rings is 1. The number of carbonyl (C=O) groups is 1. The van der Waals surface area contributed by atoms with Crippen molar-refractivity contribution in [2.75, 3.05) is 7.11 Å². The number of halogens is 2. The van der Waals surface area contributed by atoms with Crippen molar-refractivity contribution in [2.45, 2.75) is 75.4 Å². The van der Waals surface area contributed by atoms with Crippen LogP contribution in [0.3, 0.4) is 0 Å². The van der Waals surface area contributed by atoms with Crippen LogP contribution in [0.4, 0.5) is 5.82 Å². The molecule has 0 atom stereocenters. The van der Waals surface area contributed by atoms with Crippen LogP contribution in [-0.4, -0.2) is 33.5 Å². The van der Waals surface area contributed by atoms with Crippen LogP contribution in [0.5, 0.6) is 0 Å². The van der Waals surface area contributed by atoms with Crippen molar-refractivity contribution in [1.29, 1.82) is 0 Å². The number of thioether (sulfide) groups is 1. The fourth-order valence-electron chi connectivity index (χ4n) is 4.55. The van der Waals surface area contributed by atoms with Gasteiger partial charge in [-0.1, -0.05) is 35.3 Å². The Morgan fingerprint density at radius 1 is 1.21 bits per heavy atom. The molecule has 3 aromatic rings. The smallest absolute Gasteiger partial charge is 0.312 e. The van der Waals surface area contributed by atoms with E-state index in [1.54, 1.807) is 24.9 Å². The van der Waals surface area contributed by atoms with Crippen molar-refractivity contribution < 1.29 is 14.3 Å². The number of methoxy groups -OCH3 is 1. The van der Waals surface area contributed by atoms with Gasteiger partial charge in [0.1, 0.15) is 12.3 Å². The summed E-state index contributed by atoms with van der Waals surface area (Å²) >= 11 is 15.9. The van der Waals surface area contributed by atoms with E-state index in [9.17, 15) is 4.79 Å². The summed E-state index contributed by atoms with van der Waals surface area (Å²) in [5.41, 5.74) is -0.383. The standard InChI is InChI=1S/C28H33Cl2N3O3S2/c1-27(2,3)36-25(34)28(13-11-20(12-14-28)38-22-9-6-8-21(29)24(22)30)17-19-7-5-10-23(31-19)32-26-33(18-35-4)15-16-37-26/h5-10,15-16,20H,11-14,17-18H2,1-4H3/b32-26-/t20-,28-. The zero-order valence-electron chi connectivity index (χ0n) is 22.1. The van der Waals surface area contributed by atoms with Gasteiger partial charge in [-0.2, -0.15) is 0 Å². The third kappa shape index (κ3) is 7.42. The molecule has 1 fully saturated rings. The Balaban J connectivity index is 1.56. The fourth-order valence-corrected chi connectivity index (χ4v) is 6.97. The Kier molecular flexibility index (Phi) is 9.63. The first-order valence-corrected chi connectivity index (χ1v) is 15.1. The van der Waals surface area contributed by atoms with Gasteiger partial charge in [0.25, 0.3) is 0 Å². The van der Waals surface area contributed by atoms with Crippen LogP contribution in [0.15, 0.2) is 57.9 Å². The van der Waals surface area contributed by atoms with E-state index in [4.69, 9.17) is 42.7 Å². The van der Waals surface area contributed by atoms with Gasteiger partial charge in [-0.05, 0) is 70.7 Å². The lowest BCUT2D eigenvalue weighted by Gasteiger charge is -2.39. The summed E-state index contributed by atoms with van der Waals surface area (Å²) in [6.07, 6.45) is 5.58. The zero-order valence-corrected chi connectivity index (χ0v) is 25.2. The first kappa shape index (κ1) is 29.2. The number of hydrogen-bond acceptors (Lipinski definition) is 7. The third-order valence-corrected chi connectivity index (χ3v) is 9.51. The number of benzene rings is 1. The van der Waals surface area contributed by atoms with E-state index in [0.717, 1.165) is 28.2 Å². The highest BCUT2D eigenvalue weighted by Crippen LogP contribution is 2.47. The Morgan fingerprint density at radius 3 is 2.66 bits per heavy atom. The van der Waals surface area contributed by atoms with Gasteiger partial charge in [0, 0.05) is 40.9 Å². The van der Waals surface area contributed by atoms with Crippen molar-refractivity contribution >= 4 is 58.1 Å². The molecule has 204 valence electrons. The molecule has 0 radical (unpaired) electrons. The number of rotatable bonds is 8. The van der Waals surface area contributed by atoms with Gasteiger partial charge in [-0.15, -0.1) is 23.1 Å². The van der Waals surface area contributed by atoms with E-state index < -0.39 is 11.0 Å². The summed E-state index contributed by atoms with van der Waals surface area (Å²) < 4.78 is 13.1. The summed E-state index contributed by atoms with van der Waals surface area (Å²) in [4.78, 5) is 24.9. The molecule has 1 aromatic carbocycles. The van der Waals surface area contributed by atoms with Crippen molar-refractivity contribution in [3.63, 3.8) is 0 Å². The first-order chi connectivity index (χ1) is 18.1. The number of thiazole rings is 1. The van der Waals surface area contributed by atoms with E-state index >= 15 is 0 Å². The molecule has 2 aromatic heterocycles. The molecule has 0 aliphatic heterocycles. The molecule has 1 saturated carbocycles. The number of ether oxygens (including phenoxy) is 2. The van der Waals surface area contributed by atoms with Gasteiger partial charge < -0.3 is 9.47 Å². The highest BCUT2D eigenvalue weighted by atomic mass is 35.5. The van der Waals surface area contributed by atoms with Crippen molar-refractivity contribution in [3.05, 3.63) is 68.5 Å². The summed E-state index contributed by atoms with van der Waals surface area (Å²) in [6, 6.07) is 11.5. The zero-order chi connectivity index (χ0) is 27.3. The minimum Gasteiger partial charge on any atom is -0.460 e. The summed E-state index contributed by atoms with van der Waals surface area (Å²) in [5.74, 6) is 0.448. The maximum atomic E-state index is 13.6. The highest BCUT2D eigenvalue weighted by molar-refractivity contribution is 8.00. The maximum Gasteiger partial charge on any atom is 0.312 e. The average molecular weight is 595 g/mol. The molecular formula is C28H33Cl2N3O3S2. The molecule has 0 bridgehead atoms. The quantitative estimate of drug-likeness (QED) is 0.250. The lowest BCUT2D eigenvalue weighted by atomic mass is 9.70. The summed E-state index contributed by atoms with van der Waals surface area (Å²) in [6.45, 7) is 6.16. The lowest BCUT2D eigenvalue weighted by molar-refractivity contribution is -0.170. The average Bonchev–Trinajstić information content (AvgIpc) is 3.29. The van der Waals surface area contributed by atoms with Crippen molar-refractivity contribution in [1.82, 2.24) is 9.55 Å². The Hall–Kier alpha value is -1.84. The molecule has 0 amide bonds. The second-order valence-electron chi connectivity index (χ2n) is 10.5. The second-order valence-corrected chi connectivity index (χ2v) is 13.5. The van der Waals surface area contributed by atoms with E-state index in [-0.39, 0.29) is 5.97 Å². The molecule has 0 N–H and O–H groups in total. The Labute approximate surface area is 242 Å². The number of aromatic nitrogens is 2. The van der Waals surface area contributed by atoms with Crippen LogP contribution in [0.1, 0.15) is 52.1 Å². The van der Waals surface area contributed by atoms with Crippen LogP contribution in [-0.2, 0) is 27.4 Å². The van der Waals surface area contributed by atoms with Gasteiger partial charge >= 0.3 is 5.97 Å². The highest BCUT2D eigenvalue weighted by Gasteiger charge is 2.45. The molecular weight excluding hydrogens is 561 g/mol. The van der Waals surface area contributed by atoms with Gasteiger partial charge in [0.05, 0.1) is 15.5 Å². The van der Waals surface area contributed by atoms with Gasteiger partial charge in [-0.3, -0.25) is 9.36 Å². The van der Waals surface area contributed by atoms with Gasteiger partial charge in [-0.25, -0.2) is 9.98 Å². The first-order valence-electron chi connectivity index (χ1n) is 12.6. The normalized spacial score (nSPS) is 20.5. The molecule has 1 aliphatic carbocycles. The molecule has 0 unspecified atom stereocenters. The topological polar surface area (TPSA) is 65.7 Å². The van der Waals surface area contributed by atoms with Crippen LogP contribution in [0, 0.1) is 5.41 Å².